The fourth-order valence-electron chi connectivity index (χ4n) is 1.95. The molecule has 0 spiro atoms. The van der Waals surface area contributed by atoms with Crippen LogP contribution in [0.15, 0.2) is 73.1 Å². The van der Waals surface area contributed by atoms with Gasteiger partial charge in [0, 0.05) is 23.6 Å². The van der Waals surface area contributed by atoms with Crippen molar-refractivity contribution in [3.05, 3.63) is 84.4 Å². The van der Waals surface area contributed by atoms with Gasteiger partial charge in [0.1, 0.15) is 17.3 Å². The maximum Gasteiger partial charge on any atom is 0.255 e. The highest BCUT2D eigenvalue weighted by molar-refractivity contribution is 6.04. The summed E-state index contributed by atoms with van der Waals surface area (Å²) in [5.74, 6) is 0.558. The van der Waals surface area contributed by atoms with Gasteiger partial charge in [-0.1, -0.05) is 0 Å². The van der Waals surface area contributed by atoms with Gasteiger partial charge in [0.25, 0.3) is 5.91 Å². The Bertz CT molecular complexity index is 788. The average molecular weight is 308 g/mol. The first-order valence-electron chi connectivity index (χ1n) is 6.95. The van der Waals surface area contributed by atoms with Crippen LogP contribution in [0.1, 0.15) is 10.4 Å². The quantitative estimate of drug-likeness (QED) is 0.783. The standard InChI is InChI=1S/C18H13FN2O2/c19-14-3-7-17(8-4-14)23-16-5-1-13(2-6-16)18(22)21-15-9-11-20-12-10-15/h1-12H,(H,20,21,22). The van der Waals surface area contributed by atoms with Crippen LogP contribution in [0.5, 0.6) is 11.5 Å². The Kier molecular flexibility index (Phi) is 4.29. The number of amides is 1. The number of nitrogens with zero attached hydrogens (tertiary/aromatic N) is 1. The van der Waals surface area contributed by atoms with E-state index in [1.165, 1.54) is 12.1 Å². The van der Waals surface area contributed by atoms with Crippen molar-refractivity contribution in [1.29, 1.82) is 0 Å². The van der Waals surface area contributed by atoms with Crippen LogP contribution in [0.3, 0.4) is 0 Å². The van der Waals surface area contributed by atoms with Crippen LogP contribution in [0.4, 0.5) is 10.1 Å². The summed E-state index contributed by atoms with van der Waals surface area (Å²) in [4.78, 5) is 16.0. The summed E-state index contributed by atoms with van der Waals surface area (Å²) in [5, 5.41) is 2.77. The van der Waals surface area contributed by atoms with Crippen molar-refractivity contribution in [2.45, 2.75) is 0 Å². The topological polar surface area (TPSA) is 51.2 Å². The Morgan fingerprint density at radius 2 is 1.43 bits per heavy atom. The lowest BCUT2D eigenvalue weighted by atomic mass is 10.2. The van der Waals surface area contributed by atoms with Crippen molar-refractivity contribution >= 4 is 11.6 Å². The van der Waals surface area contributed by atoms with Crippen LogP contribution in [-0.2, 0) is 0 Å². The predicted molar refractivity (Wildman–Crippen MR) is 85.1 cm³/mol. The number of aromatic nitrogens is 1. The predicted octanol–water partition coefficient (Wildman–Crippen LogP) is 4.27. The van der Waals surface area contributed by atoms with E-state index in [1.54, 1.807) is 60.9 Å². The van der Waals surface area contributed by atoms with Gasteiger partial charge in [0.15, 0.2) is 0 Å². The Morgan fingerprint density at radius 1 is 0.870 bits per heavy atom. The number of anilines is 1. The second kappa shape index (κ2) is 6.70. The normalized spacial score (nSPS) is 10.1. The van der Waals surface area contributed by atoms with E-state index in [-0.39, 0.29) is 11.7 Å². The summed E-state index contributed by atoms with van der Waals surface area (Å²) >= 11 is 0. The lowest BCUT2D eigenvalue weighted by Crippen LogP contribution is -2.11. The Hall–Kier alpha value is -3.21. The van der Waals surface area contributed by atoms with E-state index in [9.17, 15) is 9.18 Å². The second-order valence-electron chi connectivity index (χ2n) is 4.77. The summed E-state index contributed by atoms with van der Waals surface area (Å²) in [6, 6.07) is 15.9. The van der Waals surface area contributed by atoms with E-state index < -0.39 is 0 Å². The van der Waals surface area contributed by atoms with Gasteiger partial charge < -0.3 is 10.1 Å². The lowest BCUT2D eigenvalue weighted by Gasteiger charge is -2.07. The third-order valence-corrected chi connectivity index (χ3v) is 3.10. The number of nitrogens with one attached hydrogen (secondary N) is 1. The van der Waals surface area contributed by atoms with Crippen LogP contribution < -0.4 is 10.1 Å². The van der Waals surface area contributed by atoms with E-state index >= 15 is 0 Å². The zero-order chi connectivity index (χ0) is 16.1. The van der Waals surface area contributed by atoms with Crippen molar-refractivity contribution < 1.29 is 13.9 Å². The SMILES string of the molecule is O=C(Nc1ccncc1)c1ccc(Oc2ccc(F)cc2)cc1. The minimum atomic E-state index is -0.319. The molecule has 0 radical (unpaired) electrons. The van der Waals surface area contributed by atoms with Gasteiger partial charge >= 0.3 is 0 Å². The molecule has 3 rings (SSSR count). The highest BCUT2D eigenvalue weighted by atomic mass is 19.1. The molecule has 1 amide bonds. The smallest absolute Gasteiger partial charge is 0.255 e. The zero-order valence-electron chi connectivity index (χ0n) is 12.1. The molecule has 0 saturated carbocycles. The summed E-state index contributed by atoms with van der Waals surface area (Å²) in [5.41, 5.74) is 1.19. The Labute approximate surface area is 132 Å². The third kappa shape index (κ3) is 3.91. The maximum absolute atomic E-state index is 12.8. The molecule has 2 aromatic carbocycles. The number of carbonyl (C=O) groups is 1. The number of carbonyl (C=O) groups excluding carboxylic acids is 1. The first-order valence-corrected chi connectivity index (χ1v) is 6.95. The molecule has 1 heterocycles. The zero-order valence-corrected chi connectivity index (χ0v) is 12.1. The van der Waals surface area contributed by atoms with Crippen LogP contribution in [-0.4, -0.2) is 10.9 Å². The number of benzene rings is 2. The van der Waals surface area contributed by atoms with E-state index in [4.69, 9.17) is 4.74 Å². The fourth-order valence-corrected chi connectivity index (χ4v) is 1.95. The molecule has 0 saturated heterocycles. The number of hydrogen-bond acceptors (Lipinski definition) is 3. The molecule has 0 aliphatic heterocycles. The molecule has 0 atom stereocenters. The van der Waals surface area contributed by atoms with Gasteiger partial charge in [0.2, 0.25) is 0 Å². The molecule has 0 bridgehead atoms. The molecule has 1 aromatic heterocycles. The largest absolute Gasteiger partial charge is 0.457 e. The van der Waals surface area contributed by atoms with Gasteiger partial charge in [-0.2, -0.15) is 0 Å². The summed E-state index contributed by atoms with van der Waals surface area (Å²) in [7, 11) is 0. The minimum absolute atomic E-state index is 0.218. The number of hydrogen-bond donors (Lipinski definition) is 1. The van der Waals surface area contributed by atoms with Crippen molar-refractivity contribution in [3.63, 3.8) is 0 Å². The molecule has 23 heavy (non-hydrogen) atoms. The van der Waals surface area contributed by atoms with Crippen LogP contribution in [0.2, 0.25) is 0 Å². The minimum Gasteiger partial charge on any atom is -0.457 e. The molecule has 0 aliphatic carbocycles. The van der Waals surface area contributed by atoms with Crippen LogP contribution in [0, 0.1) is 5.82 Å². The van der Waals surface area contributed by atoms with Gasteiger partial charge in [-0.3, -0.25) is 9.78 Å². The molecule has 1 N–H and O–H groups in total. The lowest BCUT2D eigenvalue weighted by molar-refractivity contribution is 0.102. The van der Waals surface area contributed by atoms with Crippen molar-refractivity contribution in [2.24, 2.45) is 0 Å². The number of ether oxygens (including phenoxy) is 1. The van der Waals surface area contributed by atoms with Crippen molar-refractivity contribution in [1.82, 2.24) is 4.98 Å². The van der Waals surface area contributed by atoms with Crippen molar-refractivity contribution in [2.75, 3.05) is 5.32 Å². The molecule has 5 heteroatoms. The highest BCUT2D eigenvalue weighted by Gasteiger charge is 2.06. The van der Waals surface area contributed by atoms with Gasteiger partial charge in [-0.15, -0.1) is 0 Å². The van der Waals surface area contributed by atoms with Crippen LogP contribution >= 0.6 is 0 Å². The first-order chi connectivity index (χ1) is 11.2. The maximum atomic E-state index is 12.8. The number of rotatable bonds is 4. The molecular weight excluding hydrogens is 295 g/mol. The number of pyridine rings is 1. The van der Waals surface area contributed by atoms with Gasteiger partial charge in [-0.05, 0) is 60.7 Å². The summed E-state index contributed by atoms with van der Waals surface area (Å²) in [6.07, 6.45) is 3.21. The molecule has 0 aliphatic rings. The van der Waals surface area contributed by atoms with E-state index in [1.807, 2.05) is 0 Å². The average Bonchev–Trinajstić information content (AvgIpc) is 2.58. The first kappa shape index (κ1) is 14.7. The van der Waals surface area contributed by atoms with Gasteiger partial charge in [-0.25, -0.2) is 4.39 Å². The molecule has 114 valence electrons. The molecular formula is C18H13FN2O2. The van der Waals surface area contributed by atoms with Crippen molar-refractivity contribution in [3.8, 4) is 11.5 Å². The molecule has 0 fully saturated rings. The fraction of sp³-hybridized carbons (Fsp3) is 0. The van der Waals surface area contributed by atoms with E-state index in [0.717, 1.165) is 0 Å². The summed E-state index contributed by atoms with van der Waals surface area (Å²) in [6.45, 7) is 0. The molecule has 3 aromatic rings. The monoisotopic (exact) mass is 308 g/mol. The van der Waals surface area contributed by atoms with E-state index in [0.29, 0.717) is 22.7 Å². The molecule has 4 nitrogen and oxygen atoms in total. The van der Waals surface area contributed by atoms with Gasteiger partial charge in [0.05, 0.1) is 0 Å². The number of halogens is 1. The third-order valence-electron chi connectivity index (χ3n) is 3.10. The Morgan fingerprint density at radius 3 is 2.04 bits per heavy atom. The van der Waals surface area contributed by atoms with Crippen LogP contribution in [0.25, 0.3) is 0 Å². The Balaban J connectivity index is 1.66. The van der Waals surface area contributed by atoms with E-state index in [2.05, 4.69) is 10.3 Å². The second-order valence-corrected chi connectivity index (χ2v) is 4.77. The molecule has 0 unspecified atom stereocenters. The summed E-state index contributed by atoms with van der Waals surface area (Å²) < 4.78 is 18.4. The highest BCUT2D eigenvalue weighted by Crippen LogP contribution is 2.22.